The zero-order valence-electron chi connectivity index (χ0n) is 10.2. The quantitative estimate of drug-likeness (QED) is 0.811. The average molecular weight is 262 g/mol. The van der Waals surface area contributed by atoms with E-state index < -0.39 is 6.10 Å². The number of aromatic nitrogens is 1. The van der Waals surface area contributed by atoms with Crippen LogP contribution in [-0.2, 0) is 11.3 Å². The highest BCUT2D eigenvalue weighted by atomic mass is 16.4. The van der Waals surface area contributed by atoms with Gasteiger partial charge in [-0.15, -0.1) is 0 Å². The Morgan fingerprint density at radius 1 is 1.37 bits per heavy atom. The van der Waals surface area contributed by atoms with Crippen molar-refractivity contribution in [1.29, 1.82) is 0 Å². The lowest BCUT2D eigenvalue weighted by Crippen LogP contribution is -2.34. The Morgan fingerprint density at radius 3 is 2.89 bits per heavy atom. The largest absolute Gasteiger partial charge is 0.467 e. The number of nitrogens with one attached hydrogen (secondary N) is 1. The molecule has 0 spiro atoms. The minimum atomic E-state index is -0.897. The summed E-state index contributed by atoms with van der Waals surface area (Å²) in [5.41, 5.74) is -0.246. The van der Waals surface area contributed by atoms with E-state index in [4.69, 9.17) is 4.42 Å². The summed E-state index contributed by atoms with van der Waals surface area (Å²) in [5, 5.41) is 12.2. The number of aliphatic hydroxyl groups excluding tert-OH is 1. The molecule has 1 atom stereocenters. The number of amides is 1. The van der Waals surface area contributed by atoms with Crippen molar-refractivity contribution in [3.05, 3.63) is 58.9 Å². The summed E-state index contributed by atoms with van der Waals surface area (Å²) in [5.74, 6) is 0.0380. The molecule has 19 heavy (non-hydrogen) atoms. The van der Waals surface area contributed by atoms with Gasteiger partial charge in [-0.2, -0.15) is 0 Å². The fourth-order valence-corrected chi connectivity index (χ4v) is 1.59. The summed E-state index contributed by atoms with van der Waals surface area (Å²) < 4.78 is 6.29. The Morgan fingerprint density at radius 2 is 2.21 bits per heavy atom. The van der Waals surface area contributed by atoms with Gasteiger partial charge in [0.05, 0.1) is 12.8 Å². The average Bonchev–Trinajstić information content (AvgIpc) is 2.93. The second-order valence-corrected chi connectivity index (χ2v) is 4.00. The third-order valence-electron chi connectivity index (χ3n) is 2.58. The lowest BCUT2D eigenvalue weighted by molar-refractivity contribution is -0.122. The van der Waals surface area contributed by atoms with E-state index in [0.717, 1.165) is 0 Å². The SMILES string of the molecule is O=C(Cn1ccccc1=O)NCC(O)c1ccco1. The molecule has 2 rings (SSSR count). The Labute approximate surface area is 109 Å². The van der Waals surface area contributed by atoms with Crippen molar-refractivity contribution in [3.8, 4) is 0 Å². The number of pyridine rings is 1. The molecular weight excluding hydrogens is 248 g/mol. The van der Waals surface area contributed by atoms with Crippen LogP contribution in [0.25, 0.3) is 0 Å². The van der Waals surface area contributed by atoms with Crippen molar-refractivity contribution in [2.45, 2.75) is 12.6 Å². The lowest BCUT2D eigenvalue weighted by atomic mass is 10.3. The number of nitrogens with zero attached hydrogens (tertiary/aromatic N) is 1. The summed E-state index contributed by atoms with van der Waals surface area (Å²) in [4.78, 5) is 23.0. The van der Waals surface area contributed by atoms with Gasteiger partial charge in [0.15, 0.2) is 0 Å². The van der Waals surface area contributed by atoms with Crippen LogP contribution >= 0.6 is 0 Å². The first-order valence-electron chi connectivity index (χ1n) is 5.80. The molecule has 0 aromatic carbocycles. The second-order valence-electron chi connectivity index (χ2n) is 4.00. The molecule has 0 radical (unpaired) electrons. The molecule has 1 amide bonds. The highest BCUT2D eigenvalue weighted by molar-refractivity contribution is 5.75. The van der Waals surface area contributed by atoms with E-state index in [-0.39, 0.29) is 24.6 Å². The van der Waals surface area contributed by atoms with Crippen molar-refractivity contribution in [1.82, 2.24) is 9.88 Å². The van der Waals surface area contributed by atoms with Crippen LogP contribution in [0.15, 0.2) is 52.0 Å². The van der Waals surface area contributed by atoms with Crippen molar-refractivity contribution in [2.24, 2.45) is 0 Å². The predicted molar refractivity (Wildman–Crippen MR) is 67.4 cm³/mol. The minimum absolute atomic E-state index is 0.0356. The molecule has 0 saturated carbocycles. The number of hydrogen-bond donors (Lipinski definition) is 2. The fraction of sp³-hybridized carbons (Fsp3) is 0.231. The van der Waals surface area contributed by atoms with Crippen LogP contribution in [0.2, 0.25) is 0 Å². The Bertz CT molecular complexity index is 589. The Kier molecular flexibility index (Phi) is 4.15. The van der Waals surface area contributed by atoms with Crippen LogP contribution in [0.1, 0.15) is 11.9 Å². The molecule has 2 aromatic heterocycles. The van der Waals surface area contributed by atoms with E-state index in [0.29, 0.717) is 5.76 Å². The molecule has 0 saturated heterocycles. The molecule has 2 heterocycles. The monoisotopic (exact) mass is 262 g/mol. The lowest BCUT2D eigenvalue weighted by Gasteiger charge is -2.10. The van der Waals surface area contributed by atoms with Gasteiger partial charge >= 0.3 is 0 Å². The minimum Gasteiger partial charge on any atom is -0.467 e. The topological polar surface area (TPSA) is 84.5 Å². The van der Waals surface area contributed by atoms with Crippen LogP contribution in [-0.4, -0.2) is 22.1 Å². The van der Waals surface area contributed by atoms with Crippen LogP contribution < -0.4 is 10.9 Å². The first-order valence-corrected chi connectivity index (χ1v) is 5.80. The third kappa shape index (κ3) is 3.56. The smallest absolute Gasteiger partial charge is 0.250 e. The van der Waals surface area contributed by atoms with Crippen molar-refractivity contribution in [3.63, 3.8) is 0 Å². The maximum atomic E-state index is 11.6. The summed E-state index contributed by atoms with van der Waals surface area (Å²) >= 11 is 0. The van der Waals surface area contributed by atoms with Crippen molar-refractivity contribution in [2.75, 3.05) is 6.54 Å². The van der Waals surface area contributed by atoms with E-state index in [9.17, 15) is 14.7 Å². The molecule has 0 aliphatic rings. The molecule has 0 fully saturated rings. The van der Waals surface area contributed by atoms with Crippen LogP contribution in [0, 0.1) is 0 Å². The van der Waals surface area contributed by atoms with Crippen LogP contribution in [0.5, 0.6) is 0 Å². The van der Waals surface area contributed by atoms with Crippen LogP contribution in [0.3, 0.4) is 0 Å². The normalized spacial score (nSPS) is 12.1. The molecular formula is C13H14N2O4. The molecule has 6 nitrogen and oxygen atoms in total. The molecule has 2 N–H and O–H groups in total. The molecule has 0 aliphatic carbocycles. The second kappa shape index (κ2) is 6.01. The van der Waals surface area contributed by atoms with Crippen molar-refractivity contribution < 1.29 is 14.3 Å². The molecule has 0 bridgehead atoms. The zero-order valence-corrected chi connectivity index (χ0v) is 10.2. The van der Waals surface area contributed by atoms with Gasteiger partial charge in [0, 0.05) is 12.3 Å². The standard InChI is InChI=1S/C13H14N2O4/c16-10(11-4-3-7-19-11)8-14-12(17)9-15-6-2-1-5-13(15)18/h1-7,10,16H,8-9H2,(H,14,17). The maximum Gasteiger partial charge on any atom is 0.250 e. The van der Waals surface area contributed by atoms with Gasteiger partial charge < -0.3 is 19.4 Å². The number of aliphatic hydroxyl groups is 1. The molecule has 6 heteroatoms. The molecule has 100 valence electrons. The summed E-state index contributed by atoms with van der Waals surface area (Å²) in [6.07, 6.45) is 2.08. The molecule has 1 unspecified atom stereocenters. The van der Waals surface area contributed by atoms with Gasteiger partial charge in [-0.05, 0) is 18.2 Å². The first-order chi connectivity index (χ1) is 9.16. The molecule has 2 aromatic rings. The third-order valence-corrected chi connectivity index (χ3v) is 2.58. The van der Waals surface area contributed by atoms with E-state index >= 15 is 0 Å². The Balaban J connectivity index is 1.85. The van der Waals surface area contributed by atoms with E-state index in [2.05, 4.69) is 5.32 Å². The number of carbonyl (C=O) groups excluding carboxylic acids is 1. The summed E-state index contributed by atoms with van der Waals surface area (Å²) in [6.45, 7) is -0.0432. The van der Waals surface area contributed by atoms with Gasteiger partial charge in [0.1, 0.15) is 18.4 Å². The van der Waals surface area contributed by atoms with Crippen molar-refractivity contribution >= 4 is 5.91 Å². The van der Waals surface area contributed by atoms with E-state index in [1.54, 1.807) is 24.3 Å². The van der Waals surface area contributed by atoms with Gasteiger partial charge in [-0.1, -0.05) is 6.07 Å². The van der Waals surface area contributed by atoms with Gasteiger partial charge in [0.25, 0.3) is 5.56 Å². The predicted octanol–water partition coefficient (Wildman–Crippen LogP) is 0.291. The summed E-state index contributed by atoms with van der Waals surface area (Å²) in [7, 11) is 0. The number of furan rings is 1. The van der Waals surface area contributed by atoms with Gasteiger partial charge in [-0.3, -0.25) is 9.59 Å². The maximum absolute atomic E-state index is 11.6. The number of hydrogen-bond acceptors (Lipinski definition) is 4. The summed E-state index contributed by atoms with van der Waals surface area (Å²) in [6, 6.07) is 7.94. The zero-order chi connectivity index (χ0) is 13.7. The number of rotatable bonds is 5. The molecule has 0 aliphatic heterocycles. The van der Waals surface area contributed by atoms with Crippen LogP contribution in [0.4, 0.5) is 0 Å². The number of carbonyl (C=O) groups is 1. The van der Waals surface area contributed by atoms with Gasteiger partial charge in [-0.25, -0.2) is 0 Å². The fourth-order valence-electron chi connectivity index (χ4n) is 1.59. The van der Waals surface area contributed by atoms with E-state index in [1.165, 1.54) is 23.1 Å². The highest BCUT2D eigenvalue weighted by Crippen LogP contribution is 2.11. The van der Waals surface area contributed by atoms with E-state index in [1.807, 2.05) is 0 Å². The first kappa shape index (κ1) is 13.1. The van der Waals surface area contributed by atoms with Gasteiger partial charge in [0.2, 0.25) is 5.91 Å². The highest BCUT2D eigenvalue weighted by Gasteiger charge is 2.12. The Hall–Kier alpha value is -2.34.